The van der Waals surface area contributed by atoms with Gasteiger partial charge in [0.2, 0.25) is 0 Å². The molecular formula is C13H10Br2N2O. The molecule has 0 bridgehead atoms. The summed E-state index contributed by atoms with van der Waals surface area (Å²) in [6.45, 7) is 0. The van der Waals surface area contributed by atoms with E-state index in [0.29, 0.717) is 16.9 Å². The number of rotatable bonds is 2. The van der Waals surface area contributed by atoms with Crippen molar-refractivity contribution in [3.63, 3.8) is 0 Å². The van der Waals surface area contributed by atoms with E-state index in [9.17, 15) is 4.79 Å². The molecule has 0 aliphatic rings. The van der Waals surface area contributed by atoms with Gasteiger partial charge in [-0.2, -0.15) is 0 Å². The molecule has 0 heterocycles. The molecule has 0 aromatic heterocycles. The van der Waals surface area contributed by atoms with Gasteiger partial charge >= 0.3 is 0 Å². The van der Waals surface area contributed by atoms with Crippen molar-refractivity contribution in [2.75, 3.05) is 11.1 Å². The first kappa shape index (κ1) is 13.1. The zero-order valence-electron chi connectivity index (χ0n) is 9.28. The van der Waals surface area contributed by atoms with Crippen molar-refractivity contribution in [2.45, 2.75) is 0 Å². The zero-order chi connectivity index (χ0) is 13.1. The normalized spacial score (nSPS) is 10.1. The van der Waals surface area contributed by atoms with E-state index in [4.69, 9.17) is 5.73 Å². The Bertz CT molecular complexity index is 582. The molecule has 0 fully saturated rings. The van der Waals surface area contributed by atoms with Gasteiger partial charge in [0.15, 0.2) is 0 Å². The minimum Gasteiger partial charge on any atom is -0.399 e. The van der Waals surface area contributed by atoms with E-state index in [0.717, 1.165) is 8.95 Å². The summed E-state index contributed by atoms with van der Waals surface area (Å²) in [6.07, 6.45) is 0. The highest BCUT2D eigenvalue weighted by molar-refractivity contribution is 9.10. The van der Waals surface area contributed by atoms with E-state index in [2.05, 4.69) is 37.2 Å². The summed E-state index contributed by atoms with van der Waals surface area (Å²) in [5, 5.41) is 2.81. The van der Waals surface area contributed by atoms with Gasteiger partial charge in [-0.05, 0) is 58.4 Å². The number of carbonyl (C=O) groups excluding carboxylic acids is 1. The van der Waals surface area contributed by atoms with Gasteiger partial charge < -0.3 is 11.1 Å². The number of hydrogen-bond acceptors (Lipinski definition) is 2. The van der Waals surface area contributed by atoms with Crippen molar-refractivity contribution < 1.29 is 4.79 Å². The Kier molecular flexibility index (Phi) is 4.04. The molecule has 18 heavy (non-hydrogen) atoms. The second kappa shape index (κ2) is 5.54. The fourth-order valence-corrected chi connectivity index (χ4v) is 2.04. The van der Waals surface area contributed by atoms with Crippen LogP contribution in [-0.2, 0) is 0 Å². The summed E-state index contributed by atoms with van der Waals surface area (Å²) in [4.78, 5) is 12.0. The maximum absolute atomic E-state index is 12.0. The van der Waals surface area contributed by atoms with Crippen molar-refractivity contribution in [2.24, 2.45) is 0 Å². The third-order valence-corrected chi connectivity index (χ3v) is 3.57. The minimum atomic E-state index is -0.172. The predicted octanol–water partition coefficient (Wildman–Crippen LogP) is 4.05. The van der Waals surface area contributed by atoms with Gasteiger partial charge in [-0.1, -0.05) is 15.9 Å². The first-order chi connectivity index (χ1) is 8.56. The summed E-state index contributed by atoms with van der Waals surface area (Å²) >= 11 is 6.69. The van der Waals surface area contributed by atoms with Gasteiger partial charge in [0.05, 0.1) is 5.69 Å². The van der Waals surface area contributed by atoms with Crippen LogP contribution < -0.4 is 11.1 Å². The quantitative estimate of drug-likeness (QED) is 0.784. The minimum absolute atomic E-state index is 0.172. The third-order valence-electron chi connectivity index (χ3n) is 2.35. The SMILES string of the molecule is Nc1ccc(Br)c(NC(=O)c2ccc(Br)cc2)c1. The maximum atomic E-state index is 12.0. The molecule has 0 aliphatic carbocycles. The van der Waals surface area contributed by atoms with Crippen LogP contribution in [0.5, 0.6) is 0 Å². The number of amides is 1. The van der Waals surface area contributed by atoms with Crippen molar-refractivity contribution in [1.82, 2.24) is 0 Å². The van der Waals surface area contributed by atoms with Crippen LogP contribution in [0, 0.1) is 0 Å². The second-order valence-corrected chi connectivity index (χ2v) is 5.47. The molecule has 0 saturated carbocycles. The van der Waals surface area contributed by atoms with Gasteiger partial charge in [-0.3, -0.25) is 4.79 Å². The Morgan fingerprint density at radius 2 is 1.72 bits per heavy atom. The summed E-state index contributed by atoms with van der Waals surface area (Å²) in [7, 11) is 0. The van der Waals surface area contributed by atoms with E-state index >= 15 is 0 Å². The van der Waals surface area contributed by atoms with Crippen LogP contribution in [0.4, 0.5) is 11.4 Å². The van der Waals surface area contributed by atoms with Crippen LogP contribution in [0.2, 0.25) is 0 Å². The van der Waals surface area contributed by atoms with E-state index in [1.807, 2.05) is 12.1 Å². The third kappa shape index (κ3) is 3.11. The summed E-state index contributed by atoms with van der Waals surface area (Å²) < 4.78 is 1.73. The van der Waals surface area contributed by atoms with E-state index in [1.165, 1.54) is 0 Å². The van der Waals surface area contributed by atoms with Crippen LogP contribution in [0.25, 0.3) is 0 Å². The number of nitrogen functional groups attached to an aromatic ring is 1. The maximum Gasteiger partial charge on any atom is 0.255 e. The largest absolute Gasteiger partial charge is 0.399 e. The molecule has 2 aromatic carbocycles. The molecular weight excluding hydrogens is 360 g/mol. The van der Waals surface area contributed by atoms with Crippen LogP contribution in [-0.4, -0.2) is 5.91 Å². The van der Waals surface area contributed by atoms with E-state index in [-0.39, 0.29) is 5.91 Å². The monoisotopic (exact) mass is 368 g/mol. The lowest BCUT2D eigenvalue weighted by atomic mass is 10.2. The second-order valence-electron chi connectivity index (χ2n) is 3.70. The number of carbonyl (C=O) groups is 1. The van der Waals surface area contributed by atoms with Crippen LogP contribution in [0.15, 0.2) is 51.4 Å². The molecule has 0 spiro atoms. The number of anilines is 2. The van der Waals surface area contributed by atoms with Gasteiger partial charge in [-0.25, -0.2) is 0 Å². The standard InChI is InChI=1S/C13H10Br2N2O/c14-9-3-1-8(2-4-9)13(18)17-12-7-10(16)5-6-11(12)15/h1-7H,16H2,(H,17,18). The van der Waals surface area contributed by atoms with Crippen molar-refractivity contribution in [1.29, 1.82) is 0 Å². The first-order valence-electron chi connectivity index (χ1n) is 5.18. The molecule has 3 nitrogen and oxygen atoms in total. The fraction of sp³-hybridized carbons (Fsp3) is 0. The zero-order valence-corrected chi connectivity index (χ0v) is 12.5. The Morgan fingerprint density at radius 1 is 1.06 bits per heavy atom. The van der Waals surface area contributed by atoms with Crippen molar-refractivity contribution >= 4 is 49.1 Å². The Balaban J connectivity index is 2.21. The van der Waals surface area contributed by atoms with E-state index < -0.39 is 0 Å². The topological polar surface area (TPSA) is 55.1 Å². The van der Waals surface area contributed by atoms with Gasteiger partial charge in [-0.15, -0.1) is 0 Å². The fourth-order valence-electron chi connectivity index (χ4n) is 1.43. The Hall–Kier alpha value is -1.33. The smallest absolute Gasteiger partial charge is 0.255 e. The van der Waals surface area contributed by atoms with Crippen molar-refractivity contribution in [3.8, 4) is 0 Å². The molecule has 1 amide bonds. The summed E-state index contributed by atoms with van der Waals surface area (Å²) in [6, 6.07) is 12.4. The molecule has 2 rings (SSSR count). The molecule has 0 saturated heterocycles. The van der Waals surface area contributed by atoms with Gasteiger partial charge in [0, 0.05) is 20.2 Å². The molecule has 0 aliphatic heterocycles. The number of benzene rings is 2. The van der Waals surface area contributed by atoms with Crippen molar-refractivity contribution in [3.05, 3.63) is 57.0 Å². The summed E-state index contributed by atoms with van der Waals surface area (Å²) in [5.74, 6) is -0.172. The molecule has 0 atom stereocenters. The number of nitrogens with one attached hydrogen (secondary N) is 1. The lowest BCUT2D eigenvalue weighted by Crippen LogP contribution is -2.12. The Morgan fingerprint density at radius 3 is 2.39 bits per heavy atom. The molecule has 0 radical (unpaired) electrons. The first-order valence-corrected chi connectivity index (χ1v) is 6.77. The Labute approximate surface area is 122 Å². The van der Waals surface area contributed by atoms with E-state index in [1.54, 1.807) is 30.3 Å². The highest BCUT2D eigenvalue weighted by atomic mass is 79.9. The molecule has 2 aromatic rings. The number of nitrogens with two attached hydrogens (primary N) is 1. The van der Waals surface area contributed by atoms with Gasteiger partial charge in [0.1, 0.15) is 0 Å². The molecule has 3 N–H and O–H groups in total. The average Bonchev–Trinajstić information content (AvgIpc) is 2.34. The van der Waals surface area contributed by atoms with Crippen LogP contribution >= 0.6 is 31.9 Å². The lowest BCUT2D eigenvalue weighted by Gasteiger charge is -2.08. The highest BCUT2D eigenvalue weighted by Gasteiger charge is 2.08. The summed E-state index contributed by atoms with van der Waals surface area (Å²) in [5.41, 5.74) is 7.53. The predicted molar refractivity (Wildman–Crippen MR) is 80.6 cm³/mol. The van der Waals surface area contributed by atoms with Gasteiger partial charge in [0.25, 0.3) is 5.91 Å². The lowest BCUT2D eigenvalue weighted by molar-refractivity contribution is 0.102. The molecule has 0 unspecified atom stereocenters. The molecule has 5 heteroatoms. The van der Waals surface area contributed by atoms with Crippen LogP contribution in [0.3, 0.4) is 0 Å². The average molecular weight is 370 g/mol. The highest BCUT2D eigenvalue weighted by Crippen LogP contribution is 2.25. The van der Waals surface area contributed by atoms with Crippen LogP contribution in [0.1, 0.15) is 10.4 Å². The number of halogens is 2. The molecule has 92 valence electrons. The number of hydrogen-bond donors (Lipinski definition) is 2.